The fraction of sp³-hybridized carbons (Fsp3) is 0. The van der Waals surface area contributed by atoms with E-state index in [1.165, 1.54) is 0 Å². The molecule has 0 N–H and O–H groups in total. The number of hydrogen-bond donors (Lipinski definition) is 0. The first kappa shape index (κ1) is 41.8. The van der Waals surface area contributed by atoms with E-state index < -0.39 is 72.5 Å². The van der Waals surface area contributed by atoms with Gasteiger partial charge in [-0.1, -0.05) is 345 Å². The second-order valence-electron chi connectivity index (χ2n) is 26.0. The van der Waals surface area contributed by atoms with Gasteiger partial charge in [-0.15, -0.1) is 0 Å². The van der Waals surface area contributed by atoms with Gasteiger partial charge in [0.2, 0.25) is 0 Å². The molecule has 0 radical (unpaired) electrons. The number of rotatable bonds is 6. The molecule has 0 aliphatic heterocycles. The zero-order chi connectivity index (χ0) is 91.4. The highest BCUT2D eigenvalue weighted by molar-refractivity contribution is 6.30. The van der Waals surface area contributed by atoms with Gasteiger partial charge in [0.1, 0.15) is 33.5 Å². The van der Waals surface area contributed by atoms with Crippen LogP contribution >= 0.6 is 0 Å². The number of fused-ring (bicyclic) bond motifs is 19. The van der Waals surface area contributed by atoms with Crippen LogP contribution in [0.3, 0.4) is 0 Å². The maximum Gasteiger partial charge on any atom is 0.143 e. The molecule has 498 valence electrons. The zero-order valence-electron chi connectivity index (χ0n) is 80.3. The average molecular weight is 1390 g/mol. The van der Waals surface area contributed by atoms with Crippen molar-refractivity contribution in [3.63, 3.8) is 0 Å². The highest BCUT2D eigenvalue weighted by Gasteiger charge is 2.24. The van der Waals surface area contributed by atoms with E-state index >= 15 is 0 Å². The van der Waals surface area contributed by atoms with Crippen molar-refractivity contribution in [3.8, 4) is 66.8 Å². The van der Waals surface area contributed by atoms with Gasteiger partial charge in [0.05, 0.1) is 32.9 Å². The molecule has 107 heavy (non-hydrogen) atoms. The van der Waals surface area contributed by atoms with Crippen LogP contribution in [-0.2, 0) is 0 Å². The fourth-order valence-corrected chi connectivity index (χ4v) is 15.8. The summed E-state index contributed by atoms with van der Waals surface area (Å²) >= 11 is 0. The lowest BCUT2D eigenvalue weighted by molar-refractivity contribution is 0.669. The average Bonchev–Trinajstić information content (AvgIpc) is 1.48. The molecule has 23 aromatic rings. The third kappa shape index (κ3) is 10.0. The van der Waals surface area contributed by atoms with Gasteiger partial charge in [0.15, 0.2) is 0 Å². The van der Waals surface area contributed by atoms with Gasteiger partial charge in [-0.05, 0) is 190 Å². The zero-order valence-corrected chi connectivity index (χ0v) is 56.3. The Morgan fingerprint density at radius 2 is 0.533 bits per heavy atom. The van der Waals surface area contributed by atoms with Crippen molar-refractivity contribution >= 4 is 152 Å². The van der Waals surface area contributed by atoms with E-state index in [1.54, 1.807) is 84.9 Å². The summed E-state index contributed by atoms with van der Waals surface area (Å²) in [5.41, 5.74) is 8.95. The molecule has 0 spiro atoms. The van der Waals surface area contributed by atoms with E-state index in [1.807, 2.05) is 158 Å². The van der Waals surface area contributed by atoms with Crippen LogP contribution in [0.5, 0.6) is 0 Å². The monoisotopic (exact) mass is 1380 g/mol. The molecule has 0 bridgehead atoms. The van der Waals surface area contributed by atoms with Gasteiger partial charge >= 0.3 is 0 Å². The van der Waals surface area contributed by atoms with Gasteiger partial charge < -0.3 is 13.3 Å². The molecular formula is C104H64O3. The number of furan rings is 3. The van der Waals surface area contributed by atoms with Gasteiger partial charge in [-0.2, -0.15) is 0 Å². The van der Waals surface area contributed by atoms with Crippen molar-refractivity contribution in [3.05, 3.63) is 388 Å². The molecule has 0 amide bonds. The lowest BCUT2D eigenvalue weighted by Gasteiger charge is -2.19. The summed E-state index contributed by atoms with van der Waals surface area (Å²) in [7, 11) is 0. The van der Waals surface area contributed by atoms with E-state index in [0.717, 1.165) is 54.1 Å². The molecule has 0 saturated carbocycles. The molecule has 0 unspecified atom stereocenters. The molecular weight excluding hydrogens is 1300 g/mol. The summed E-state index contributed by atoms with van der Waals surface area (Å²) < 4.78 is 231. The van der Waals surface area contributed by atoms with Crippen molar-refractivity contribution in [2.75, 3.05) is 0 Å². The van der Waals surface area contributed by atoms with Crippen LogP contribution in [0.15, 0.2) is 401 Å². The summed E-state index contributed by atoms with van der Waals surface area (Å²) in [6.45, 7) is 0. The SMILES string of the molecule is [2H]c1c([2H])c([2H])c2c(-c3cc4oc5ccccc5c4c4ccccc34)c3c([2H])c([2H])c([2H])c([2H])c3c(-c3ccccc3)c2c1[2H].[2H]c1c([2H])c([2H])c2c(-c3ccc4c(c3)oc3c5ccccc5ccc43)c3c([2H])c([2H])c([2H])c([2H])c3c(-c3ccccc3)c2c1[2H].[2H]c1c([2H])c([2H])c2c(-c3cccc4oc5ccccc5c34)c3c([2H])c([2H])c([2H])c([2H])c3c(-c3ccccc3)c2c1[2H]. The molecule has 0 atom stereocenters. The second kappa shape index (κ2) is 25.4. The van der Waals surface area contributed by atoms with Crippen molar-refractivity contribution in [2.24, 2.45) is 0 Å². The number of para-hydroxylation sites is 2. The number of hydrogen-bond acceptors (Lipinski definition) is 3. The lowest BCUT2D eigenvalue weighted by atomic mass is 9.84. The van der Waals surface area contributed by atoms with Crippen LogP contribution in [-0.4, -0.2) is 0 Å². The van der Waals surface area contributed by atoms with Gasteiger partial charge in [-0.3, -0.25) is 0 Å². The highest BCUT2D eigenvalue weighted by atomic mass is 16.3. The normalized spacial score (nSPS) is 14.9. The third-order valence-corrected chi connectivity index (χ3v) is 20.3. The maximum absolute atomic E-state index is 9.22. The van der Waals surface area contributed by atoms with Crippen LogP contribution < -0.4 is 0 Å². The predicted octanol–water partition coefficient (Wildman–Crippen LogP) is 30.0. The molecule has 0 fully saturated rings. The fourth-order valence-electron chi connectivity index (χ4n) is 15.8. The quantitative estimate of drug-likeness (QED) is 0.156. The van der Waals surface area contributed by atoms with Crippen molar-refractivity contribution in [2.45, 2.75) is 0 Å². The molecule has 0 aliphatic rings. The molecule has 3 nitrogen and oxygen atoms in total. The van der Waals surface area contributed by atoms with Crippen molar-refractivity contribution < 1.29 is 46.1 Å². The van der Waals surface area contributed by atoms with Gasteiger partial charge in [0, 0.05) is 37.7 Å². The minimum absolute atomic E-state index is 0.179. The van der Waals surface area contributed by atoms with Crippen molar-refractivity contribution in [1.29, 1.82) is 0 Å². The maximum atomic E-state index is 9.22. The molecule has 3 aromatic heterocycles. The standard InChI is InChI=1S/2C36H22O.C32H20O/c1-2-12-23(13-3-1)34-26-16-6-8-18-28(26)35(29-19-9-7-17-27(29)34)31-22-33-36(25-15-5-4-14-24(25)31)30-20-10-11-21-32(30)37-33;1-2-11-24(12-3-1)34-28-14-6-8-16-30(28)35(31-17-9-7-15-29(31)34)25-19-20-27-32-21-18-23-10-4-5-13-26(23)36(32)37-33(27)22-25;1-2-11-21(12-3-1)30-22-13-4-6-15-24(22)31(25-16-7-5-14-23(25)30)27-18-10-20-29-32(27)26-17-8-9-19-28(26)33-29/h2*1-22H;1-20H/i6D,7D,8D,9D,16D,17D,18D,19D;6D,7D,8D,9D,14D,15D,16D,17D;4D,5D,6D,7D,13D,14D,15D,16D. The Bertz CT molecular complexity index is 8780. The lowest BCUT2D eigenvalue weighted by Crippen LogP contribution is -1.91. The van der Waals surface area contributed by atoms with Crippen LogP contribution in [0.1, 0.15) is 32.9 Å². The summed E-state index contributed by atoms with van der Waals surface area (Å²) in [5.74, 6) is 0. The Balaban J connectivity index is 0.000000119. The summed E-state index contributed by atoms with van der Waals surface area (Å²) in [4.78, 5) is 0. The Hall–Kier alpha value is -14.1. The highest BCUT2D eigenvalue weighted by Crippen LogP contribution is 2.51. The Morgan fingerprint density at radius 3 is 1.01 bits per heavy atom. The Kier molecular flexibility index (Phi) is 9.93. The predicted molar refractivity (Wildman–Crippen MR) is 454 cm³/mol. The summed E-state index contributed by atoms with van der Waals surface area (Å²) in [6.07, 6.45) is 0. The third-order valence-electron chi connectivity index (χ3n) is 20.3. The van der Waals surface area contributed by atoms with E-state index in [-0.39, 0.29) is 137 Å². The molecule has 0 saturated heterocycles. The molecule has 23 rings (SSSR count). The number of benzene rings is 20. The Labute approximate surface area is 650 Å². The molecule has 3 heterocycles. The van der Waals surface area contributed by atoms with Gasteiger partial charge in [-0.25, -0.2) is 0 Å². The van der Waals surface area contributed by atoms with Gasteiger partial charge in [0.25, 0.3) is 0 Å². The first-order chi connectivity index (χ1) is 63.1. The molecule has 20 aromatic carbocycles. The van der Waals surface area contributed by atoms with Crippen molar-refractivity contribution in [1.82, 2.24) is 0 Å². The molecule has 0 aliphatic carbocycles. The van der Waals surface area contributed by atoms with E-state index in [9.17, 15) is 2.74 Å². The van der Waals surface area contributed by atoms with Crippen LogP contribution in [0.4, 0.5) is 0 Å². The van der Waals surface area contributed by atoms with E-state index in [4.69, 9.17) is 43.4 Å². The smallest absolute Gasteiger partial charge is 0.143 e. The van der Waals surface area contributed by atoms with Crippen LogP contribution in [0.25, 0.3) is 219 Å². The van der Waals surface area contributed by atoms with Crippen LogP contribution in [0.2, 0.25) is 0 Å². The Morgan fingerprint density at radius 1 is 0.178 bits per heavy atom. The first-order valence-corrected chi connectivity index (χ1v) is 34.7. The molecule has 3 heteroatoms. The minimum atomic E-state index is -0.429. The topological polar surface area (TPSA) is 39.4 Å². The minimum Gasteiger partial charge on any atom is -0.456 e. The first-order valence-electron chi connectivity index (χ1n) is 46.7. The summed E-state index contributed by atoms with van der Waals surface area (Å²) in [5, 5.41) is 10.9. The van der Waals surface area contributed by atoms with Crippen LogP contribution in [0, 0.1) is 0 Å². The van der Waals surface area contributed by atoms with E-state index in [0.29, 0.717) is 100 Å². The second-order valence-corrected chi connectivity index (χ2v) is 26.0. The largest absolute Gasteiger partial charge is 0.456 e. The van der Waals surface area contributed by atoms with E-state index in [2.05, 4.69) is 0 Å². The summed E-state index contributed by atoms with van der Waals surface area (Å²) in [6, 6.07) is 66.0.